The second-order valence-electron chi connectivity index (χ2n) is 6.20. The minimum atomic E-state index is -0.732. The molecule has 1 amide bonds. The average molecular weight is 318 g/mol. The number of carbonyl (C=O) groups excluding carboxylic acids is 2. The van der Waals surface area contributed by atoms with E-state index >= 15 is 0 Å². The maximum atomic E-state index is 12.5. The largest absolute Gasteiger partial charge is 0.467 e. The highest BCUT2D eigenvalue weighted by molar-refractivity contribution is 6.13. The highest BCUT2D eigenvalue weighted by atomic mass is 35.5. The lowest BCUT2D eigenvalue weighted by atomic mass is 9.86. The number of ether oxygens (including phenoxy) is 1. The first-order chi connectivity index (χ1) is 9.81. The molecule has 1 aliphatic rings. The number of amides is 1. The fourth-order valence-electron chi connectivity index (χ4n) is 2.35. The lowest BCUT2D eigenvalue weighted by Gasteiger charge is -2.29. The summed E-state index contributed by atoms with van der Waals surface area (Å²) in [5, 5.41) is 2.74. The van der Waals surface area contributed by atoms with Crippen LogP contribution in [-0.4, -0.2) is 25.0 Å². The van der Waals surface area contributed by atoms with Crippen LogP contribution in [0.3, 0.4) is 0 Å². The van der Waals surface area contributed by atoms with Crippen LogP contribution in [0.25, 0.3) is 0 Å². The van der Waals surface area contributed by atoms with Crippen LogP contribution in [0.5, 0.6) is 0 Å². The molecule has 1 saturated carbocycles. The average Bonchev–Trinajstić information content (AvgIpc) is 2.93. The molecule has 1 atom stereocenters. The smallest absolute Gasteiger partial charge is 0.328 e. The number of hydrogen-bond acceptors (Lipinski definition) is 5. The van der Waals surface area contributed by atoms with E-state index in [0.717, 1.165) is 31.3 Å². The zero-order chi connectivity index (χ0) is 16.0. The van der Waals surface area contributed by atoms with Crippen molar-refractivity contribution < 1.29 is 14.3 Å². The van der Waals surface area contributed by atoms with Gasteiger partial charge in [-0.1, -0.05) is 20.8 Å². The highest BCUT2D eigenvalue weighted by Crippen LogP contribution is 2.27. The minimum absolute atomic E-state index is 0.356. The van der Waals surface area contributed by atoms with Crippen molar-refractivity contribution in [1.29, 1.82) is 0 Å². The van der Waals surface area contributed by atoms with Gasteiger partial charge in [-0.2, -0.15) is 0 Å². The van der Waals surface area contributed by atoms with Crippen LogP contribution in [0.4, 0.5) is 0 Å². The molecule has 0 spiro atoms. The Morgan fingerprint density at radius 3 is 2.24 bits per heavy atom. The van der Waals surface area contributed by atoms with Gasteiger partial charge in [-0.3, -0.25) is 4.79 Å². The molecule has 0 radical (unpaired) electrons. The van der Waals surface area contributed by atoms with E-state index in [4.69, 9.17) is 16.5 Å². The monoisotopic (exact) mass is 317 g/mol. The zero-order valence-corrected chi connectivity index (χ0v) is 13.8. The van der Waals surface area contributed by atoms with E-state index < -0.39 is 17.4 Å². The Morgan fingerprint density at radius 1 is 1.24 bits per heavy atom. The molecule has 6 nitrogen and oxygen atoms in total. The van der Waals surface area contributed by atoms with Gasteiger partial charge in [-0.25, -0.2) is 4.79 Å². The molecule has 0 bridgehead atoms. The second-order valence-corrected chi connectivity index (χ2v) is 6.39. The van der Waals surface area contributed by atoms with Crippen LogP contribution in [0, 0.1) is 5.41 Å². The molecular formula is C14H24ClN3O3. The summed E-state index contributed by atoms with van der Waals surface area (Å²) in [4.78, 5) is 26.6. The Balaban J connectivity index is 2.93. The summed E-state index contributed by atoms with van der Waals surface area (Å²) in [6.45, 7) is 5.60. The van der Waals surface area contributed by atoms with Crippen LogP contribution in [-0.2, 0) is 14.3 Å². The number of nitrogens with one attached hydrogen (secondary N) is 3. The normalized spacial score (nSPS) is 16.3. The molecule has 1 fully saturated rings. The number of allylic oxidation sites excluding steroid dienone is 1. The summed E-state index contributed by atoms with van der Waals surface area (Å²) < 4.78 is 4.77. The summed E-state index contributed by atoms with van der Waals surface area (Å²) >= 11 is 5.47. The van der Waals surface area contributed by atoms with E-state index in [1.165, 1.54) is 7.11 Å². The molecule has 0 unspecified atom stereocenters. The van der Waals surface area contributed by atoms with Crippen LogP contribution < -0.4 is 15.7 Å². The third-order valence-corrected chi connectivity index (χ3v) is 3.63. The summed E-state index contributed by atoms with van der Waals surface area (Å²) in [6.07, 6.45) is 3.81. The number of hydrazine groups is 1. The van der Waals surface area contributed by atoms with Gasteiger partial charge in [0.25, 0.3) is 5.91 Å². The number of methoxy groups -OCH3 is 1. The summed E-state index contributed by atoms with van der Waals surface area (Å²) in [7, 11) is 1.31. The Hall–Kier alpha value is -1.27. The molecule has 0 heterocycles. The molecule has 0 saturated heterocycles. The molecule has 0 aliphatic heterocycles. The Labute approximate surface area is 130 Å². The van der Waals surface area contributed by atoms with Gasteiger partial charge in [0, 0.05) is 0 Å². The predicted molar refractivity (Wildman–Crippen MR) is 81.0 cm³/mol. The lowest BCUT2D eigenvalue weighted by molar-refractivity contribution is -0.147. The SMILES string of the molecule is COC(=O)[C@@H](NC(=O)C(NNCl)=C1CCCC1)C(C)(C)C. The standard InChI is InChI=1S/C14H24ClN3O3/c1-14(2,3)11(13(20)21-4)16-12(19)10(17-18-15)9-7-5-6-8-9/h11,17-18H,5-8H2,1-4H3,(H,16,19)/t11-/m1/s1. The first-order valence-corrected chi connectivity index (χ1v) is 7.41. The molecule has 0 aromatic carbocycles. The van der Waals surface area contributed by atoms with Crippen LogP contribution in [0.2, 0.25) is 0 Å². The van der Waals surface area contributed by atoms with E-state index in [1.807, 2.05) is 20.8 Å². The van der Waals surface area contributed by atoms with E-state index in [9.17, 15) is 9.59 Å². The Kier molecular flexibility index (Phi) is 6.48. The Bertz CT molecular complexity index is 422. The van der Waals surface area contributed by atoms with Crippen LogP contribution in [0.15, 0.2) is 11.3 Å². The number of halogens is 1. The second kappa shape index (κ2) is 7.66. The van der Waals surface area contributed by atoms with Crippen molar-refractivity contribution in [1.82, 2.24) is 15.7 Å². The number of rotatable bonds is 5. The number of carbonyl (C=O) groups is 2. The first kappa shape index (κ1) is 17.8. The molecule has 0 aromatic rings. The van der Waals surface area contributed by atoms with Gasteiger partial charge in [-0.05, 0) is 48.4 Å². The third kappa shape index (κ3) is 4.89. The molecule has 21 heavy (non-hydrogen) atoms. The van der Waals surface area contributed by atoms with E-state index in [0.29, 0.717) is 5.70 Å². The molecule has 7 heteroatoms. The van der Waals surface area contributed by atoms with Crippen molar-refractivity contribution in [2.24, 2.45) is 5.41 Å². The van der Waals surface area contributed by atoms with Crippen molar-refractivity contribution in [3.05, 3.63) is 11.3 Å². The van der Waals surface area contributed by atoms with Crippen LogP contribution >= 0.6 is 11.8 Å². The maximum Gasteiger partial charge on any atom is 0.328 e. The van der Waals surface area contributed by atoms with Gasteiger partial charge in [0.2, 0.25) is 0 Å². The van der Waals surface area contributed by atoms with Crippen molar-refractivity contribution in [2.45, 2.75) is 52.5 Å². The molecule has 0 aromatic heterocycles. The Morgan fingerprint density at radius 2 is 1.81 bits per heavy atom. The fraction of sp³-hybridized carbons (Fsp3) is 0.714. The highest BCUT2D eigenvalue weighted by Gasteiger charge is 2.34. The van der Waals surface area contributed by atoms with E-state index in [2.05, 4.69) is 15.7 Å². The maximum absolute atomic E-state index is 12.5. The lowest BCUT2D eigenvalue weighted by Crippen LogP contribution is -2.51. The van der Waals surface area contributed by atoms with Crippen molar-refractivity contribution >= 4 is 23.7 Å². The van der Waals surface area contributed by atoms with Gasteiger partial charge >= 0.3 is 5.97 Å². The third-order valence-electron chi connectivity index (χ3n) is 3.54. The number of hydrogen-bond donors (Lipinski definition) is 3. The van der Waals surface area contributed by atoms with E-state index in [-0.39, 0.29) is 5.91 Å². The van der Waals surface area contributed by atoms with E-state index in [1.54, 1.807) is 0 Å². The predicted octanol–water partition coefficient (Wildman–Crippen LogP) is 1.77. The molecule has 1 rings (SSSR count). The fourth-order valence-corrected chi connectivity index (χ4v) is 2.45. The van der Waals surface area contributed by atoms with Gasteiger partial charge in [0.15, 0.2) is 0 Å². The summed E-state index contributed by atoms with van der Waals surface area (Å²) in [6, 6.07) is -0.732. The number of esters is 1. The minimum Gasteiger partial charge on any atom is -0.467 e. The quantitative estimate of drug-likeness (QED) is 0.312. The topological polar surface area (TPSA) is 79.5 Å². The van der Waals surface area contributed by atoms with Crippen molar-refractivity contribution in [3.8, 4) is 0 Å². The molecule has 120 valence electrons. The molecule has 3 N–H and O–H groups in total. The molecule has 1 aliphatic carbocycles. The van der Waals surface area contributed by atoms with Gasteiger partial charge in [0.1, 0.15) is 11.7 Å². The van der Waals surface area contributed by atoms with Crippen molar-refractivity contribution in [2.75, 3.05) is 7.11 Å². The van der Waals surface area contributed by atoms with Crippen molar-refractivity contribution in [3.63, 3.8) is 0 Å². The zero-order valence-electron chi connectivity index (χ0n) is 13.0. The van der Waals surface area contributed by atoms with Crippen LogP contribution in [0.1, 0.15) is 46.5 Å². The summed E-state index contributed by atoms with van der Waals surface area (Å²) in [5.74, 6) is -0.823. The molecular weight excluding hydrogens is 294 g/mol. The van der Waals surface area contributed by atoms with Gasteiger partial charge < -0.3 is 15.5 Å². The summed E-state index contributed by atoms with van der Waals surface area (Å²) in [5.41, 5.74) is 3.61. The van der Waals surface area contributed by atoms with Gasteiger partial charge in [0.05, 0.1) is 7.11 Å². The first-order valence-electron chi connectivity index (χ1n) is 7.03. The van der Waals surface area contributed by atoms with Gasteiger partial charge in [-0.15, -0.1) is 4.94 Å².